The van der Waals surface area contributed by atoms with Gasteiger partial charge in [0.25, 0.3) is 15.9 Å². The van der Waals surface area contributed by atoms with Crippen LogP contribution in [0.5, 0.6) is 0 Å². The van der Waals surface area contributed by atoms with Crippen molar-refractivity contribution in [3.8, 4) is 0 Å². The van der Waals surface area contributed by atoms with Gasteiger partial charge < -0.3 is 5.32 Å². The molecule has 0 heterocycles. The molecule has 2 N–H and O–H groups in total. The number of carbonyl (C=O) groups excluding carboxylic acids is 1. The topological polar surface area (TPSA) is 75.3 Å². The molecule has 3 aromatic carbocycles. The van der Waals surface area contributed by atoms with Crippen molar-refractivity contribution in [3.05, 3.63) is 95.6 Å². The molecule has 0 saturated heterocycles. The van der Waals surface area contributed by atoms with Crippen LogP contribution in [0.2, 0.25) is 0 Å². The summed E-state index contributed by atoms with van der Waals surface area (Å²) in [5, 5.41) is 2.88. The minimum atomic E-state index is -3.79. The van der Waals surface area contributed by atoms with E-state index in [1.165, 1.54) is 12.1 Å². The third-order valence-corrected chi connectivity index (χ3v) is 6.03. The van der Waals surface area contributed by atoms with Gasteiger partial charge in [-0.1, -0.05) is 61.0 Å². The summed E-state index contributed by atoms with van der Waals surface area (Å²) in [5.41, 5.74) is 2.95. The summed E-state index contributed by atoms with van der Waals surface area (Å²) in [5.74, 6) is -0.157. The van der Waals surface area contributed by atoms with E-state index in [1.54, 1.807) is 24.3 Å². The lowest BCUT2D eigenvalue weighted by atomic mass is 10.0. The lowest BCUT2D eigenvalue weighted by molar-refractivity contribution is 0.0951. The van der Waals surface area contributed by atoms with Crippen LogP contribution in [0, 0.1) is 6.92 Å². The Hall–Kier alpha value is -3.12. The van der Waals surface area contributed by atoms with Gasteiger partial charge in [-0.05, 0) is 48.7 Å². The van der Waals surface area contributed by atoms with E-state index in [2.05, 4.69) is 10.0 Å². The molecule has 0 aliphatic rings. The van der Waals surface area contributed by atoms with Gasteiger partial charge in [0.05, 0.1) is 4.90 Å². The van der Waals surface area contributed by atoms with E-state index in [4.69, 9.17) is 0 Å². The zero-order chi connectivity index (χ0) is 20.9. The predicted molar refractivity (Wildman–Crippen MR) is 116 cm³/mol. The molecule has 0 spiro atoms. The first-order valence-electron chi connectivity index (χ1n) is 9.38. The van der Waals surface area contributed by atoms with Crippen LogP contribution >= 0.6 is 0 Å². The van der Waals surface area contributed by atoms with Crippen molar-refractivity contribution >= 4 is 21.6 Å². The van der Waals surface area contributed by atoms with Crippen LogP contribution < -0.4 is 10.0 Å². The molecule has 0 aromatic heterocycles. The number of amides is 1. The number of sulfonamides is 1. The Bertz CT molecular complexity index is 1080. The van der Waals surface area contributed by atoms with Gasteiger partial charge in [0.1, 0.15) is 0 Å². The average Bonchev–Trinajstić information content (AvgIpc) is 2.74. The second kappa shape index (κ2) is 8.92. The van der Waals surface area contributed by atoms with Gasteiger partial charge in [0.2, 0.25) is 0 Å². The molecule has 0 unspecified atom stereocenters. The Morgan fingerprint density at radius 1 is 0.931 bits per heavy atom. The highest BCUT2D eigenvalue weighted by atomic mass is 32.2. The fraction of sp³-hybridized carbons (Fsp3) is 0.174. The van der Waals surface area contributed by atoms with E-state index < -0.39 is 10.0 Å². The number of anilines is 1. The maximum Gasteiger partial charge on any atom is 0.261 e. The molecule has 0 fully saturated rings. The van der Waals surface area contributed by atoms with E-state index in [1.807, 2.05) is 56.3 Å². The van der Waals surface area contributed by atoms with Crippen LogP contribution in [0.3, 0.4) is 0 Å². The van der Waals surface area contributed by atoms with E-state index in [0.29, 0.717) is 17.8 Å². The molecule has 29 heavy (non-hydrogen) atoms. The van der Waals surface area contributed by atoms with E-state index >= 15 is 0 Å². The van der Waals surface area contributed by atoms with Crippen molar-refractivity contribution in [2.24, 2.45) is 0 Å². The van der Waals surface area contributed by atoms with E-state index in [9.17, 15) is 13.2 Å². The number of hydrogen-bond donors (Lipinski definition) is 2. The van der Waals surface area contributed by atoms with Gasteiger partial charge in [-0.25, -0.2) is 8.42 Å². The standard InChI is InChI=1S/C23H24N2O3S/c1-17-11-13-21(14-12-17)25-29(27,28)22-10-6-9-20(15-22)23(26)24-16-18(2)19-7-4-3-5-8-19/h3-15,18,25H,16H2,1-2H3,(H,24,26)/t18-/m1/s1. The minimum Gasteiger partial charge on any atom is -0.351 e. The Morgan fingerprint density at radius 2 is 1.62 bits per heavy atom. The molecule has 3 rings (SSSR count). The fourth-order valence-electron chi connectivity index (χ4n) is 2.89. The molecule has 1 amide bonds. The highest BCUT2D eigenvalue weighted by Gasteiger charge is 2.17. The summed E-state index contributed by atoms with van der Waals surface area (Å²) in [6.45, 7) is 4.42. The lowest BCUT2D eigenvalue weighted by Crippen LogP contribution is -2.27. The van der Waals surface area contributed by atoms with Crippen LogP contribution in [0.1, 0.15) is 34.3 Å². The molecule has 0 saturated carbocycles. The zero-order valence-corrected chi connectivity index (χ0v) is 17.2. The third-order valence-electron chi connectivity index (χ3n) is 4.65. The van der Waals surface area contributed by atoms with Crippen molar-refractivity contribution < 1.29 is 13.2 Å². The molecule has 0 aliphatic heterocycles. The molecule has 3 aromatic rings. The quantitative estimate of drug-likeness (QED) is 0.611. The average molecular weight is 409 g/mol. The number of carbonyl (C=O) groups is 1. The van der Waals surface area contributed by atoms with Gasteiger partial charge in [-0.3, -0.25) is 9.52 Å². The highest BCUT2D eigenvalue weighted by molar-refractivity contribution is 7.92. The normalized spacial score (nSPS) is 12.2. The van der Waals surface area contributed by atoms with E-state index in [-0.39, 0.29) is 16.7 Å². The Balaban J connectivity index is 1.69. The molecule has 0 aliphatic carbocycles. The van der Waals surface area contributed by atoms with Crippen LogP contribution in [0.4, 0.5) is 5.69 Å². The number of aryl methyl sites for hydroxylation is 1. The van der Waals surface area contributed by atoms with Crippen molar-refractivity contribution in [1.82, 2.24) is 5.32 Å². The largest absolute Gasteiger partial charge is 0.351 e. The molecule has 0 radical (unpaired) electrons. The molecule has 150 valence electrons. The highest BCUT2D eigenvalue weighted by Crippen LogP contribution is 2.18. The van der Waals surface area contributed by atoms with E-state index in [0.717, 1.165) is 11.1 Å². The van der Waals surface area contributed by atoms with Crippen LogP contribution in [0.15, 0.2) is 83.8 Å². The monoisotopic (exact) mass is 408 g/mol. The maximum atomic E-state index is 12.7. The number of benzene rings is 3. The SMILES string of the molecule is Cc1ccc(NS(=O)(=O)c2cccc(C(=O)NC[C@@H](C)c3ccccc3)c2)cc1. The Kier molecular flexibility index (Phi) is 6.34. The molecule has 5 nitrogen and oxygen atoms in total. The number of hydrogen-bond acceptors (Lipinski definition) is 3. The zero-order valence-electron chi connectivity index (χ0n) is 16.4. The van der Waals surface area contributed by atoms with Gasteiger partial charge in [0.15, 0.2) is 0 Å². The third kappa shape index (κ3) is 5.45. The molecule has 1 atom stereocenters. The Labute approximate surface area is 171 Å². The fourth-order valence-corrected chi connectivity index (χ4v) is 3.99. The second-order valence-electron chi connectivity index (χ2n) is 7.02. The minimum absolute atomic E-state index is 0.0434. The van der Waals surface area contributed by atoms with Gasteiger partial charge >= 0.3 is 0 Å². The first kappa shape index (κ1) is 20.6. The van der Waals surface area contributed by atoms with Gasteiger partial charge in [-0.15, -0.1) is 0 Å². The summed E-state index contributed by atoms with van der Waals surface area (Å²) in [6.07, 6.45) is 0. The summed E-state index contributed by atoms with van der Waals surface area (Å²) >= 11 is 0. The molecule has 0 bridgehead atoms. The second-order valence-corrected chi connectivity index (χ2v) is 8.70. The van der Waals surface area contributed by atoms with Crippen LogP contribution in [0.25, 0.3) is 0 Å². The maximum absolute atomic E-state index is 12.7. The van der Waals surface area contributed by atoms with Crippen LogP contribution in [-0.4, -0.2) is 20.9 Å². The lowest BCUT2D eigenvalue weighted by Gasteiger charge is -2.14. The van der Waals surface area contributed by atoms with Crippen molar-refractivity contribution in [1.29, 1.82) is 0 Å². The van der Waals surface area contributed by atoms with Crippen molar-refractivity contribution in [3.63, 3.8) is 0 Å². The molecular weight excluding hydrogens is 384 g/mol. The summed E-state index contributed by atoms with van der Waals surface area (Å²) in [6, 6.07) is 23.0. The predicted octanol–water partition coefficient (Wildman–Crippen LogP) is 4.33. The molecule has 6 heteroatoms. The summed E-state index contributed by atoms with van der Waals surface area (Å²) < 4.78 is 27.9. The van der Waals surface area contributed by atoms with Gasteiger partial charge in [-0.2, -0.15) is 0 Å². The smallest absolute Gasteiger partial charge is 0.261 e. The summed E-state index contributed by atoms with van der Waals surface area (Å²) in [7, 11) is -3.79. The van der Waals surface area contributed by atoms with Crippen molar-refractivity contribution in [2.45, 2.75) is 24.7 Å². The first-order valence-corrected chi connectivity index (χ1v) is 10.9. The molecular formula is C23H24N2O3S. The first-order chi connectivity index (χ1) is 13.8. The van der Waals surface area contributed by atoms with Crippen LogP contribution in [-0.2, 0) is 10.0 Å². The number of nitrogens with one attached hydrogen (secondary N) is 2. The summed E-state index contributed by atoms with van der Waals surface area (Å²) in [4.78, 5) is 12.6. The van der Waals surface area contributed by atoms with Crippen molar-refractivity contribution in [2.75, 3.05) is 11.3 Å². The Morgan fingerprint density at radius 3 is 2.31 bits per heavy atom. The van der Waals surface area contributed by atoms with Gasteiger partial charge in [0, 0.05) is 17.8 Å². The number of rotatable bonds is 7.